The maximum Gasteiger partial charge on any atom is 0.276 e. The Kier molecular flexibility index (Phi) is 4.81. The number of nitrogens with one attached hydrogen (secondary N) is 1. The fourth-order valence-electron chi connectivity index (χ4n) is 1.65. The van der Waals surface area contributed by atoms with Gasteiger partial charge in [0.1, 0.15) is 0 Å². The van der Waals surface area contributed by atoms with E-state index in [9.17, 15) is 4.79 Å². The summed E-state index contributed by atoms with van der Waals surface area (Å²) >= 11 is 2.82. The third-order valence-electron chi connectivity index (χ3n) is 2.68. The number of aromatic nitrogens is 3. The Labute approximate surface area is 135 Å². The van der Waals surface area contributed by atoms with E-state index >= 15 is 0 Å². The molecule has 3 aromatic heterocycles. The van der Waals surface area contributed by atoms with Gasteiger partial charge in [0, 0.05) is 18.1 Å². The number of hydrogen-bond donors (Lipinski definition) is 1. The fraction of sp³-hybridized carbons (Fsp3) is 0.143. The van der Waals surface area contributed by atoms with Gasteiger partial charge >= 0.3 is 0 Å². The van der Waals surface area contributed by atoms with Crippen LogP contribution in [0.15, 0.2) is 51.7 Å². The second-order valence-corrected chi connectivity index (χ2v) is 6.15. The van der Waals surface area contributed by atoms with Crippen LogP contribution in [0.3, 0.4) is 0 Å². The average molecular weight is 332 g/mol. The number of thiophene rings is 1. The predicted molar refractivity (Wildman–Crippen MR) is 83.6 cm³/mol. The lowest BCUT2D eigenvalue weighted by Crippen LogP contribution is -2.21. The highest BCUT2D eigenvalue weighted by Crippen LogP contribution is 2.20. The largest absolute Gasteiger partial charge is 0.414 e. The number of carbonyl (C=O) groups is 1. The van der Waals surface area contributed by atoms with Crippen molar-refractivity contribution in [2.75, 3.05) is 0 Å². The smallest absolute Gasteiger partial charge is 0.276 e. The zero-order valence-electron chi connectivity index (χ0n) is 11.4. The molecule has 0 aliphatic heterocycles. The van der Waals surface area contributed by atoms with Crippen molar-refractivity contribution in [3.63, 3.8) is 0 Å². The summed E-state index contributed by atoms with van der Waals surface area (Å²) in [6, 6.07) is 7.47. The first-order valence-electron chi connectivity index (χ1n) is 6.47. The molecule has 0 aliphatic rings. The molecule has 0 bridgehead atoms. The quantitative estimate of drug-likeness (QED) is 0.699. The van der Waals surface area contributed by atoms with Crippen molar-refractivity contribution >= 4 is 29.0 Å². The van der Waals surface area contributed by atoms with Crippen LogP contribution in [0.1, 0.15) is 21.1 Å². The van der Waals surface area contributed by atoms with Gasteiger partial charge in [0.05, 0.1) is 11.4 Å². The van der Waals surface area contributed by atoms with E-state index in [0.717, 1.165) is 5.56 Å². The van der Waals surface area contributed by atoms with Crippen LogP contribution in [-0.2, 0) is 12.3 Å². The third-order valence-corrected chi connectivity index (χ3v) is 4.44. The van der Waals surface area contributed by atoms with Gasteiger partial charge in [0.2, 0.25) is 5.89 Å². The predicted octanol–water partition coefficient (Wildman–Crippen LogP) is 2.75. The number of hydrogen-bond acceptors (Lipinski definition) is 7. The van der Waals surface area contributed by atoms with Gasteiger partial charge in [-0.15, -0.1) is 21.5 Å². The van der Waals surface area contributed by atoms with E-state index in [1.165, 1.54) is 23.1 Å². The topological polar surface area (TPSA) is 80.9 Å². The Morgan fingerprint density at radius 3 is 3.05 bits per heavy atom. The lowest BCUT2D eigenvalue weighted by molar-refractivity contribution is 0.0951. The van der Waals surface area contributed by atoms with Crippen LogP contribution in [-0.4, -0.2) is 21.1 Å². The maximum atomic E-state index is 11.8. The summed E-state index contributed by atoms with van der Waals surface area (Å²) < 4.78 is 5.48. The highest BCUT2D eigenvalue weighted by Gasteiger charge is 2.10. The molecule has 0 saturated carbocycles. The van der Waals surface area contributed by atoms with Crippen molar-refractivity contribution in [1.29, 1.82) is 0 Å². The molecule has 0 unspecified atom stereocenters. The molecule has 3 heterocycles. The van der Waals surface area contributed by atoms with Crippen molar-refractivity contribution in [3.8, 4) is 0 Å². The molecule has 0 aliphatic carbocycles. The van der Waals surface area contributed by atoms with E-state index in [-0.39, 0.29) is 12.5 Å². The van der Waals surface area contributed by atoms with Gasteiger partial charge in [-0.2, -0.15) is 0 Å². The standard InChI is InChI=1S/C14H12N4O2S2/c19-13(11-4-2-6-21-11)16-8-12-17-18-14(20-12)22-9-10-3-1-5-15-7-10/h1-7H,8-9H2,(H,16,19). The van der Waals surface area contributed by atoms with Crippen LogP contribution in [0.25, 0.3) is 0 Å². The minimum Gasteiger partial charge on any atom is -0.414 e. The molecule has 3 rings (SSSR count). The van der Waals surface area contributed by atoms with Crippen molar-refractivity contribution in [1.82, 2.24) is 20.5 Å². The molecule has 0 saturated heterocycles. The van der Waals surface area contributed by atoms with Crippen LogP contribution < -0.4 is 5.32 Å². The summed E-state index contributed by atoms with van der Waals surface area (Å²) in [6.07, 6.45) is 3.53. The van der Waals surface area contributed by atoms with Crippen LogP contribution in [0.2, 0.25) is 0 Å². The SMILES string of the molecule is O=C(NCc1nnc(SCc2cccnc2)o1)c1cccs1. The van der Waals surface area contributed by atoms with E-state index in [1.54, 1.807) is 18.5 Å². The molecule has 22 heavy (non-hydrogen) atoms. The van der Waals surface area contributed by atoms with Gasteiger partial charge < -0.3 is 9.73 Å². The zero-order valence-corrected chi connectivity index (χ0v) is 13.1. The van der Waals surface area contributed by atoms with Crippen LogP contribution in [0.4, 0.5) is 0 Å². The monoisotopic (exact) mass is 332 g/mol. The minimum absolute atomic E-state index is 0.141. The highest BCUT2D eigenvalue weighted by atomic mass is 32.2. The van der Waals surface area contributed by atoms with Gasteiger partial charge in [-0.25, -0.2) is 0 Å². The Hall–Kier alpha value is -2.19. The lowest BCUT2D eigenvalue weighted by Gasteiger charge is -1.99. The van der Waals surface area contributed by atoms with E-state index in [1.807, 2.05) is 23.6 Å². The maximum absolute atomic E-state index is 11.8. The first kappa shape index (κ1) is 14.7. The van der Waals surface area contributed by atoms with Gasteiger partial charge in [-0.3, -0.25) is 9.78 Å². The van der Waals surface area contributed by atoms with Crippen molar-refractivity contribution in [3.05, 3.63) is 58.4 Å². The molecule has 1 N–H and O–H groups in total. The number of rotatable bonds is 6. The average Bonchev–Trinajstić information content (AvgIpc) is 3.23. The molecule has 0 spiro atoms. The Balaban J connectivity index is 1.50. The molecular weight excluding hydrogens is 320 g/mol. The number of nitrogens with zero attached hydrogens (tertiary/aromatic N) is 3. The normalized spacial score (nSPS) is 10.5. The van der Waals surface area contributed by atoms with Crippen LogP contribution >= 0.6 is 23.1 Å². The number of carbonyl (C=O) groups excluding carboxylic acids is 1. The molecule has 8 heteroatoms. The zero-order chi connectivity index (χ0) is 15.2. The van der Waals surface area contributed by atoms with Gasteiger partial charge in [-0.1, -0.05) is 23.9 Å². The van der Waals surface area contributed by atoms with Gasteiger partial charge in [0.15, 0.2) is 0 Å². The molecule has 0 atom stereocenters. The lowest BCUT2D eigenvalue weighted by atomic mass is 10.3. The summed E-state index contributed by atoms with van der Waals surface area (Å²) in [5.74, 6) is 0.952. The summed E-state index contributed by atoms with van der Waals surface area (Å²) in [7, 11) is 0. The number of thioether (sulfide) groups is 1. The minimum atomic E-state index is -0.141. The third kappa shape index (κ3) is 3.92. The van der Waals surface area contributed by atoms with E-state index in [2.05, 4.69) is 20.5 Å². The summed E-state index contributed by atoms with van der Waals surface area (Å²) in [4.78, 5) is 16.5. The number of amides is 1. The van der Waals surface area contributed by atoms with Crippen LogP contribution in [0, 0.1) is 0 Å². The first-order chi connectivity index (χ1) is 10.8. The molecule has 6 nitrogen and oxygen atoms in total. The van der Waals surface area contributed by atoms with Crippen LogP contribution in [0.5, 0.6) is 0 Å². The molecule has 0 aromatic carbocycles. The molecule has 1 amide bonds. The van der Waals surface area contributed by atoms with Gasteiger partial charge in [0.25, 0.3) is 11.1 Å². The Morgan fingerprint density at radius 1 is 1.32 bits per heavy atom. The number of pyridine rings is 1. The van der Waals surface area contributed by atoms with Crippen molar-refractivity contribution in [2.45, 2.75) is 17.5 Å². The summed E-state index contributed by atoms with van der Waals surface area (Å²) in [6.45, 7) is 0.219. The first-order valence-corrected chi connectivity index (χ1v) is 8.33. The molecule has 0 radical (unpaired) electrons. The second kappa shape index (κ2) is 7.19. The summed E-state index contributed by atoms with van der Waals surface area (Å²) in [5, 5.41) is 12.9. The highest BCUT2D eigenvalue weighted by molar-refractivity contribution is 7.98. The molecule has 0 fully saturated rings. The van der Waals surface area contributed by atoms with Crippen molar-refractivity contribution in [2.24, 2.45) is 0 Å². The van der Waals surface area contributed by atoms with Gasteiger partial charge in [-0.05, 0) is 23.1 Å². The van der Waals surface area contributed by atoms with E-state index in [0.29, 0.717) is 21.7 Å². The summed E-state index contributed by atoms with van der Waals surface area (Å²) in [5.41, 5.74) is 1.08. The van der Waals surface area contributed by atoms with Crippen molar-refractivity contribution < 1.29 is 9.21 Å². The molecule has 3 aromatic rings. The Bertz CT molecular complexity index is 728. The fourth-order valence-corrected chi connectivity index (χ4v) is 3.00. The van der Waals surface area contributed by atoms with E-state index < -0.39 is 0 Å². The van der Waals surface area contributed by atoms with E-state index in [4.69, 9.17) is 4.42 Å². The molecule has 112 valence electrons. The second-order valence-electron chi connectivity index (χ2n) is 4.27. The molecular formula is C14H12N4O2S2. The Morgan fingerprint density at radius 2 is 2.27 bits per heavy atom.